The van der Waals surface area contributed by atoms with Crippen LogP contribution < -0.4 is 9.80 Å². The average molecular weight is 386 g/mol. The molecule has 1 saturated heterocycles. The molecule has 7 nitrogen and oxygen atoms in total. The molecule has 0 aliphatic carbocycles. The number of aromatic nitrogens is 2. The van der Waals surface area contributed by atoms with E-state index in [-0.39, 0.29) is 35.2 Å². The number of hydrogen-bond acceptors (Lipinski definition) is 6. The van der Waals surface area contributed by atoms with Gasteiger partial charge in [0, 0.05) is 24.8 Å². The van der Waals surface area contributed by atoms with Gasteiger partial charge in [0.25, 0.3) is 5.91 Å². The largest absolute Gasteiger partial charge is 0.354 e. The zero-order valence-corrected chi connectivity index (χ0v) is 16.2. The number of sulfone groups is 1. The van der Waals surface area contributed by atoms with Crippen molar-refractivity contribution >= 4 is 27.2 Å². The van der Waals surface area contributed by atoms with Gasteiger partial charge < -0.3 is 9.80 Å². The van der Waals surface area contributed by atoms with E-state index in [0.717, 1.165) is 17.7 Å². The highest BCUT2D eigenvalue weighted by Crippen LogP contribution is 2.32. The van der Waals surface area contributed by atoms with Crippen LogP contribution >= 0.6 is 0 Å². The standard InChI is InChI=1S/C19H22N4O3S/c1-13-11-14-5-3-4-6-17(14)23(13)19(24)16-7-8-18(21-20-16)22(2)15-9-10-27(25,26)12-15/h3-8,13,15H,9-12H2,1-2H3. The number of rotatable bonds is 3. The predicted molar refractivity (Wildman–Crippen MR) is 104 cm³/mol. The monoisotopic (exact) mass is 386 g/mol. The Labute approximate surface area is 158 Å². The zero-order chi connectivity index (χ0) is 19.2. The third-order valence-corrected chi connectivity index (χ3v) is 7.16. The first-order chi connectivity index (χ1) is 12.9. The Balaban J connectivity index is 1.53. The molecule has 1 fully saturated rings. The molecule has 8 heteroatoms. The summed E-state index contributed by atoms with van der Waals surface area (Å²) in [5.74, 6) is 0.743. The summed E-state index contributed by atoms with van der Waals surface area (Å²) >= 11 is 0. The molecule has 2 atom stereocenters. The van der Waals surface area contributed by atoms with Gasteiger partial charge in [-0.2, -0.15) is 0 Å². The van der Waals surface area contributed by atoms with Crippen molar-refractivity contribution in [2.75, 3.05) is 28.4 Å². The number of carbonyl (C=O) groups is 1. The van der Waals surface area contributed by atoms with E-state index in [4.69, 9.17) is 0 Å². The molecule has 2 aliphatic heterocycles. The third-order valence-electron chi connectivity index (χ3n) is 5.41. The molecule has 0 radical (unpaired) electrons. The summed E-state index contributed by atoms with van der Waals surface area (Å²) in [6, 6.07) is 11.3. The van der Waals surface area contributed by atoms with Gasteiger partial charge in [0.05, 0.1) is 11.5 Å². The van der Waals surface area contributed by atoms with E-state index >= 15 is 0 Å². The zero-order valence-electron chi connectivity index (χ0n) is 15.4. The number of nitrogens with zero attached hydrogens (tertiary/aromatic N) is 4. The Hall–Kier alpha value is -2.48. The molecule has 0 spiro atoms. The first-order valence-electron chi connectivity index (χ1n) is 9.04. The molecule has 0 saturated carbocycles. The summed E-state index contributed by atoms with van der Waals surface area (Å²) in [6.45, 7) is 2.02. The molecular weight excluding hydrogens is 364 g/mol. The summed E-state index contributed by atoms with van der Waals surface area (Å²) in [5, 5.41) is 8.31. The Morgan fingerprint density at radius 2 is 1.96 bits per heavy atom. The minimum absolute atomic E-state index is 0.0720. The van der Waals surface area contributed by atoms with E-state index in [1.165, 1.54) is 0 Å². The highest BCUT2D eigenvalue weighted by molar-refractivity contribution is 7.91. The normalized spacial score (nSPS) is 23.3. The van der Waals surface area contributed by atoms with Crippen molar-refractivity contribution in [2.45, 2.75) is 31.8 Å². The molecule has 2 unspecified atom stereocenters. The average Bonchev–Trinajstić information content (AvgIpc) is 3.19. The SMILES string of the molecule is CC1Cc2ccccc2N1C(=O)c1ccc(N(C)C2CCS(=O)(=O)C2)nn1. The lowest BCUT2D eigenvalue weighted by molar-refractivity contribution is 0.0975. The van der Waals surface area contributed by atoms with Crippen molar-refractivity contribution in [3.8, 4) is 0 Å². The molecule has 2 aliphatic rings. The van der Waals surface area contributed by atoms with E-state index < -0.39 is 9.84 Å². The highest BCUT2D eigenvalue weighted by Gasteiger charge is 2.33. The Morgan fingerprint density at radius 3 is 2.63 bits per heavy atom. The molecule has 4 rings (SSSR count). The smallest absolute Gasteiger partial charge is 0.279 e. The predicted octanol–water partition coefficient (Wildman–Crippen LogP) is 1.69. The van der Waals surface area contributed by atoms with Crippen molar-refractivity contribution in [1.82, 2.24) is 10.2 Å². The number of benzene rings is 1. The van der Waals surface area contributed by atoms with Crippen molar-refractivity contribution in [3.63, 3.8) is 0 Å². The fourth-order valence-electron chi connectivity index (χ4n) is 3.89. The minimum Gasteiger partial charge on any atom is -0.354 e. The van der Waals surface area contributed by atoms with Crippen molar-refractivity contribution in [1.29, 1.82) is 0 Å². The molecule has 0 bridgehead atoms. The van der Waals surface area contributed by atoms with E-state index in [9.17, 15) is 13.2 Å². The van der Waals surface area contributed by atoms with E-state index in [2.05, 4.69) is 10.2 Å². The molecule has 0 N–H and O–H groups in total. The fourth-order valence-corrected chi connectivity index (χ4v) is 5.67. The van der Waals surface area contributed by atoms with E-state index in [0.29, 0.717) is 12.2 Å². The van der Waals surface area contributed by atoms with Crippen molar-refractivity contribution < 1.29 is 13.2 Å². The van der Waals surface area contributed by atoms with Crippen LogP contribution in [0.15, 0.2) is 36.4 Å². The second kappa shape index (κ2) is 6.60. The summed E-state index contributed by atoms with van der Waals surface area (Å²) in [6.07, 6.45) is 1.41. The van der Waals surface area contributed by atoms with Gasteiger partial charge in [-0.3, -0.25) is 4.79 Å². The van der Waals surface area contributed by atoms with Crippen LogP contribution in [0.2, 0.25) is 0 Å². The maximum atomic E-state index is 13.0. The van der Waals surface area contributed by atoms with Gasteiger partial charge in [0.1, 0.15) is 0 Å². The van der Waals surface area contributed by atoms with Crippen LogP contribution in [0.3, 0.4) is 0 Å². The molecule has 3 heterocycles. The first kappa shape index (κ1) is 17.9. The van der Waals surface area contributed by atoms with Crippen LogP contribution in [0, 0.1) is 0 Å². The van der Waals surface area contributed by atoms with Crippen LogP contribution in [0.25, 0.3) is 0 Å². The summed E-state index contributed by atoms with van der Waals surface area (Å²) in [7, 11) is -1.15. The van der Waals surface area contributed by atoms with Gasteiger partial charge in [-0.05, 0) is 43.5 Å². The molecule has 27 heavy (non-hydrogen) atoms. The summed E-state index contributed by atoms with van der Waals surface area (Å²) in [5.41, 5.74) is 2.37. The molecule has 1 amide bonds. The number of carbonyl (C=O) groups excluding carboxylic acids is 1. The lowest BCUT2D eigenvalue weighted by Gasteiger charge is -2.25. The van der Waals surface area contributed by atoms with Crippen molar-refractivity contribution in [2.24, 2.45) is 0 Å². The van der Waals surface area contributed by atoms with Gasteiger partial charge >= 0.3 is 0 Å². The number of amides is 1. The van der Waals surface area contributed by atoms with E-state index in [1.54, 1.807) is 17.0 Å². The van der Waals surface area contributed by atoms with Gasteiger partial charge in [0.2, 0.25) is 0 Å². The molecular formula is C19H22N4O3S. The van der Waals surface area contributed by atoms with Gasteiger partial charge in [-0.1, -0.05) is 18.2 Å². The highest BCUT2D eigenvalue weighted by atomic mass is 32.2. The second-order valence-corrected chi connectivity index (χ2v) is 9.53. The number of para-hydroxylation sites is 1. The first-order valence-corrected chi connectivity index (χ1v) is 10.9. The quantitative estimate of drug-likeness (QED) is 0.798. The van der Waals surface area contributed by atoms with Crippen LogP contribution in [0.4, 0.5) is 11.5 Å². The van der Waals surface area contributed by atoms with Crippen LogP contribution in [-0.4, -0.2) is 55.2 Å². The van der Waals surface area contributed by atoms with Gasteiger partial charge in [-0.15, -0.1) is 10.2 Å². The Morgan fingerprint density at radius 1 is 1.19 bits per heavy atom. The fraction of sp³-hybridized carbons (Fsp3) is 0.421. The maximum Gasteiger partial charge on any atom is 0.279 e. The molecule has 2 aromatic rings. The summed E-state index contributed by atoms with van der Waals surface area (Å²) < 4.78 is 23.4. The Bertz CT molecular complexity index is 975. The number of anilines is 2. The lowest BCUT2D eigenvalue weighted by atomic mass is 10.1. The summed E-state index contributed by atoms with van der Waals surface area (Å²) in [4.78, 5) is 16.6. The topological polar surface area (TPSA) is 83.5 Å². The van der Waals surface area contributed by atoms with Crippen LogP contribution in [0.1, 0.15) is 29.4 Å². The van der Waals surface area contributed by atoms with Crippen LogP contribution in [-0.2, 0) is 16.3 Å². The van der Waals surface area contributed by atoms with Crippen LogP contribution in [0.5, 0.6) is 0 Å². The van der Waals surface area contributed by atoms with E-state index in [1.807, 2.05) is 43.1 Å². The number of fused-ring (bicyclic) bond motifs is 1. The minimum atomic E-state index is -2.97. The Kier molecular flexibility index (Phi) is 4.38. The lowest BCUT2D eigenvalue weighted by Crippen LogP contribution is -2.37. The molecule has 1 aromatic heterocycles. The molecule has 1 aromatic carbocycles. The second-order valence-electron chi connectivity index (χ2n) is 7.30. The van der Waals surface area contributed by atoms with Crippen molar-refractivity contribution in [3.05, 3.63) is 47.7 Å². The van der Waals surface area contributed by atoms with Gasteiger partial charge in [0.15, 0.2) is 21.3 Å². The number of hydrogen-bond donors (Lipinski definition) is 0. The molecule has 142 valence electrons. The maximum absolute atomic E-state index is 13.0. The van der Waals surface area contributed by atoms with Gasteiger partial charge in [-0.25, -0.2) is 8.42 Å². The third kappa shape index (κ3) is 3.29.